The van der Waals surface area contributed by atoms with Crippen molar-refractivity contribution in [3.63, 3.8) is 0 Å². The molecule has 0 radical (unpaired) electrons. The van der Waals surface area contributed by atoms with E-state index >= 15 is 0 Å². The third-order valence-electron chi connectivity index (χ3n) is 1.98. The van der Waals surface area contributed by atoms with Crippen LogP contribution in [0.3, 0.4) is 0 Å². The van der Waals surface area contributed by atoms with E-state index in [1.807, 2.05) is 0 Å². The molecule has 0 saturated carbocycles. The Hall–Kier alpha value is -0.840. The van der Waals surface area contributed by atoms with Crippen LogP contribution in [0.25, 0.3) is 0 Å². The fraction of sp³-hybridized carbons (Fsp3) is 0.200. The summed E-state index contributed by atoms with van der Waals surface area (Å²) in [7, 11) is 0. The number of hydrogen-bond donors (Lipinski definition) is 0. The Morgan fingerprint density at radius 1 is 1.00 bits per heavy atom. The molecule has 0 saturated heterocycles. The predicted molar refractivity (Wildman–Crippen MR) is 52.8 cm³/mol. The lowest BCUT2D eigenvalue weighted by Crippen LogP contribution is -2.05. The first-order chi connectivity index (χ1) is 7.00. The average molecular weight is 283 g/mol. The van der Waals surface area contributed by atoms with Gasteiger partial charge in [-0.25, -0.2) is 17.6 Å². The lowest BCUT2D eigenvalue weighted by molar-refractivity contribution is 0.434. The van der Waals surface area contributed by atoms with Crippen LogP contribution < -0.4 is 0 Å². The van der Waals surface area contributed by atoms with E-state index in [0.29, 0.717) is 0 Å². The molecule has 5 heteroatoms. The van der Waals surface area contributed by atoms with Gasteiger partial charge in [-0.1, -0.05) is 22.0 Å². The van der Waals surface area contributed by atoms with E-state index < -0.39 is 34.4 Å². The lowest BCUT2D eigenvalue weighted by Gasteiger charge is -2.07. The topological polar surface area (TPSA) is 0 Å². The van der Waals surface area contributed by atoms with Gasteiger partial charge in [-0.2, -0.15) is 0 Å². The van der Waals surface area contributed by atoms with Crippen molar-refractivity contribution in [3.05, 3.63) is 45.5 Å². The molecule has 0 aliphatic heterocycles. The first kappa shape index (κ1) is 12.2. The highest BCUT2D eigenvalue weighted by Gasteiger charge is 2.21. The Morgan fingerprint density at radius 2 is 1.47 bits per heavy atom. The zero-order valence-corrected chi connectivity index (χ0v) is 9.34. The first-order valence-corrected chi connectivity index (χ1v) is 4.98. The molecular formula is C10H7BrF4. The zero-order chi connectivity index (χ0) is 11.6. The minimum Gasteiger partial charge on any atom is -0.203 e. The quantitative estimate of drug-likeness (QED) is 0.568. The van der Waals surface area contributed by atoms with Crippen molar-refractivity contribution in [1.29, 1.82) is 0 Å². The van der Waals surface area contributed by atoms with E-state index in [2.05, 4.69) is 15.9 Å². The Labute approximate surface area is 92.7 Å². The molecule has 0 spiro atoms. The van der Waals surface area contributed by atoms with Crippen molar-refractivity contribution in [2.75, 3.05) is 0 Å². The molecule has 0 aliphatic rings. The third kappa shape index (κ3) is 2.22. The molecule has 1 aromatic rings. The number of rotatable bonds is 2. The lowest BCUT2D eigenvalue weighted by atomic mass is 10.1. The number of allylic oxidation sites excluding steroid dienone is 1. The van der Waals surface area contributed by atoms with Crippen LogP contribution in [0.4, 0.5) is 17.6 Å². The van der Waals surface area contributed by atoms with E-state index in [-0.39, 0.29) is 6.42 Å². The predicted octanol–water partition coefficient (Wildman–Crippen LogP) is 4.00. The number of benzene rings is 1. The maximum absolute atomic E-state index is 13.2. The van der Waals surface area contributed by atoms with Gasteiger partial charge in [-0.05, 0) is 18.3 Å². The smallest absolute Gasteiger partial charge is 0.165 e. The van der Waals surface area contributed by atoms with E-state index in [1.54, 1.807) is 0 Å². The van der Waals surface area contributed by atoms with Crippen molar-refractivity contribution in [2.45, 2.75) is 13.3 Å². The monoisotopic (exact) mass is 282 g/mol. The van der Waals surface area contributed by atoms with Gasteiger partial charge in [0.2, 0.25) is 0 Å². The van der Waals surface area contributed by atoms with Crippen LogP contribution in [0, 0.1) is 30.2 Å². The standard InChI is InChI=1S/C10H7BrF4/c1-5-7(12)9(14)6(3-2-4-11)10(15)8(5)13/h2,4H,3H2,1H3/b4-2-. The van der Waals surface area contributed by atoms with Gasteiger partial charge in [0, 0.05) is 11.1 Å². The van der Waals surface area contributed by atoms with Crippen molar-refractivity contribution in [1.82, 2.24) is 0 Å². The number of hydrogen-bond acceptors (Lipinski definition) is 0. The molecule has 0 heterocycles. The molecule has 1 rings (SSSR count). The van der Waals surface area contributed by atoms with Crippen LogP contribution in [0.1, 0.15) is 11.1 Å². The maximum atomic E-state index is 13.2. The van der Waals surface area contributed by atoms with Crippen LogP contribution in [-0.4, -0.2) is 0 Å². The highest BCUT2D eigenvalue weighted by atomic mass is 79.9. The highest BCUT2D eigenvalue weighted by molar-refractivity contribution is 9.11. The minimum atomic E-state index is -1.34. The highest BCUT2D eigenvalue weighted by Crippen LogP contribution is 2.24. The fourth-order valence-electron chi connectivity index (χ4n) is 1.13. The fourth-order valence-corrected chi connectivity index (χ4v) is 1.32. The Kier molecular flexibility index (Phi) is 3.90. The molecule has 82 valence electrons. The zero-order valence-electron chi connectivity index (χ0n) is 7.75. The minimum absolute atomic E-state index is 0.211. The summed E-state index contributed by atoms with van der Waals surface area (Å²) in [6.45, 7) is 0.987. The largest absolute Gasteiger partial charge is 0.203 e. The molecule has 0 aromatic heterocycles. The van der Waals surface area contributed by atoms with E-state index in [0.717, 1.165) is 6.92 Å². The molecule has 0 fully saturated rings. The maximum Gasteiger partial charge on any atom is 0.165 e. The Balaban J connectivity index is 3.38. The molecule has 1 aromatic carbocycles. The summed E-state index contributed by atoms with van der Waals surface area (Å²) >= 11 is 2.89. The van der Waals surface area contributed by atoms with Crippen LogP contribution in [0.2, 0.25) is 0 Å². The Morgan fingerprint density at radius 3 is 1.87 bits per heavy atom. The van der Waals surface area contributed by atoms with Gasteiger partial charge in [0.25, 0.3) is 0 Å². The van der Waals surface area contributed by atoms with Crippen molar-refractivity contribution < 1.29 is 17.6 Å². The molecule has 0 bridgehead atoms. The van der Waals surface area contributed by atoms with Gasteiger partial charge in [0.05, 0.1) is 0 Å². The second-order valence-electron chi connectivity index (χ2n) is 2.93. The van der Waals surface area contributed by atoms with Gasteiger partial charge >= 0.3 is 0 Å². The van der Waals surface area contributed by atoms with Crippen molar-refractivity contribution in [3.8, 4) is 0 Å². The second-order valence-corrected chi connectivity index (χ2v) is 3.45. The average Bonchev–Trinajstić information content (AvgIpc) is 2.24. The Bertz CT molecular complexity index is 383. The molecule has 0 unspecified atom stereocenters. The van der Waals surface area contributed by atoms with E-state index in [1.165, 1.54) is 11.1 Å². The van der Waals surface area contributed by atoms with Gasteiger partial charge < -0.3 is 0 Å². The summed E-state index contributed by atoms with van der Waals surface area (Å²) in [5.74, 6) is -5.35. The van der Waals surface area contributed by atoms with Gasteiger partial charge in [0.1, 0.15) is 0 Å². The second kappa shape index (κ2) is 4.79. The molecule has 15 heavy (non-hydrogen) atoms. The molecule has 0 N–H and O–H groups in total. The van der Waals surface area contributed by atoms with E-state index in [4.69, 9.17) is 0 Å². The van der Waals surface area contributed by atoms with Crippen LogP contribution in [0.5, 0.6) is 0 Å². The summed E-state index contributed by atoms with van der Waals surface area (Å²) in [4.78, 5) is 1.36. The third-order valence-corrected chi connectivity index (χ3v) is 2.36. The summed E-state index contributed by atoms with van der Waals surface area (Å²) in [6.07, 6.45) is 1.13. The first-order valence-electron chi connectivity index (χ1n) is 4.07. The molecule has 0 aliphatic carbocycles. The molecule has 0 amide bonds. The van der Waals surface area contributed by atoms with Crippen LogP contribution >= 0.6 is 15.9 Å². The van der Waals surface area contributed by atoms with E-state index in [9.17, 15) is 17.6 Å². The van der Waals surface area contributed by atoms with Gasteiger partial charge in [0.15, 0.2) is 23.3 Å². The summed E-state index contributed by atoms with van der Waals surface area (Å²) in [5, 5.41) is 0. The van der Waals surface area contributed by atoms with Crippen molar-refractivity contribution >= 4 is 15.9 Å². The van der Waals surface area contributed by atoms with Crippen LogP contribution in [0.15, 0.2) is 11.1 Å². The molecular weight excluding hydrogens is 276 g/mol. The summed E-state index contributed by atoms with van der Waals surface area (Å²) < 4.78 is 52.5. The molecule has 0 nitrogen and oxygen atoms in total. The van der Waals surface area contributed by atoms with Crippen molar-refractivity contribution in [2.24, 2.45) is 0 Å². The normalized spacial score (nSPS) is 11.3. The number of halogens is 5. The summed E-state index contributed by atoms with van der Waals surface area (Å²) in [6, 6.07) is 0. The van der Waals surface area contributed by atoms with Gasteiger partial charge in [-0.15, -0.1) is 0 Å². The van der Waals surface area contributed by atoms with Crippen LogP contribution in [-0.2, 0) is 6.42 Å². The SMILES string of the molecule is Cc1c(F)c(F)c(C/C=C\Br)c(F)c1F. The molecule has 0 atom stereocenters. The summed E-state index contributed by atoms with van der Waals surface area (Å²) in [5.41, 5.74) is -1.25. The van der Waals surface area contributed by atoms with Gasteiger partial charge in [-0.3, -0.25) is 0 Å².